The summed E-state index contributed by atoms with van der Waals surface area (Å²) in [7, 11) is 0. The monoisotopic (exact) mass is 272 g/mol. The van der Waals surface area contributed by atoms with Gasteiger partial charge in [0.05, 0.1) is 0 Å². The summed E-state index contributed by atoms with van der Waals surface area (Å²) in [4.78, 5) is 21.6. The van der Waals surface area contributed by atoms with E-state index >= 15 is 0 Å². The Kier molecular flexibility index (Phi) is 7.26. The Balaban J connectivity index is 0. The van der Waals surface area contributed by atoms with E-state index in [2.05, 4.69) is 15.9 Å². The highest BCUT2D eigenvalue weighted by Crippen LogP contribution is 2.26. The van der Waals surface area contributed by atoms with E-state index in [1.54, 1.807) is 0 Å². The van der Waals surface area contributed by atoms with Crippen LogP contribution in [0.3, 0.4) is 0 Å². The molecule has 0 saturated heterocycles. The molecule has 0 unspecified atom stereocenters. The summed E-state index contributed by atoms with van der Waals surface area (Å²) in [6.07, 6.45) is 1.23. The number of carbonyl (C=O) groups excluding carboxylic acids is 2. The van der Waals surface area contributed by atoms with Gasteiger partial charge in [-0.2, -0.15) is 0 Å². The smallest absolute Gasteiger partial charge is 0.318 e. The molecule has 0 aliphatic rings. The van der Waals surface area contributed by atoms with Gasteiger partial charge in [-0.3, -0.25) is 10.1 Å². The third-order valence-corrected chi connectivity index (χ3v) is 3.25. The van der Waals surface area contributed by atoms with Crippen LogP contribution in [-0.4, -0.2) is 16.3 Å². The highest BCUT2D eigenvalue weighted by molar-refractivity contribution is 9.10. The maximum atomic E-state index is 11.3. The first-order valence-electron chi connectivity index (χ1n) is 3.76. The number of primary amides is 1. The summed E-state index contributed by atoms with van der Waals surface area (Å²) in [5, 5.41) is 2.04. The molecular formula is C7H14BrClN2O2. The van der Waals surface area contributed by atoms with Gasteiger partial charge in [0.25, 0.3) is 0 Å². The average molecular weight is 274 g/mol. The number of imide groups is 1. The van der Waals surface area contributed by atoms with Crippen molar-refractivity contribution in [2.24, 2.45) is 5.73 Å². The standard InChI is InChI=1S/C7H13BrN2O2.ClH/c1-3-7(8,4-2)5(11)10-6(9)12;/h3-4H2,1-2H3,(H3,9,10,11,12);1H. The maximum absolute atomic E-state index is 11.3. The molecule has 0 saturated carbocycles. The van der Waals surface area contributed by atoms with Crippen molar-refractivity contribution in [2.45, 2.75) is 31.0 Å². The SMILES string of the molecule is CCC(Br)(CC)C(=O)NC(N)=O.Cl. The van der Waals surface area contributed by atoms with E-state index in [0.29, 0.717) is 12.8 Å². The molecule has 0 aromatic heterocycles. The van der Waals surface area contributed by atoms with Crippen molar-refractivity contribution < 1.29 is 9.59 Å². The van der Waals surface area contributed by atoms with Gasteiger partial charge in [0.15, 0.2) is 0 Å². The van der Waals surface area contributed by atoms with Crippen LogP contribution in [0.2, 0.25) is 0 Å². The van der Waals surface area contributed by atoms with E-state index in [9.17, 15) is 9.59 Å². The highest BCUT2D eigenvalue weighted by Gasteiger charge is 2.32. The third kappa shape index (κ3) is 4.47. The fourth-order valence-corrected chi connectivity index (χ4v) is 0.894. The predicted molar refractivity (Wildman–Crippen MR) is 57.2 cm³/mol. The van der Waals surface area contributed by atoms with Crippen LogP contribution in [0, 0.1) is 0 Å². The number of hydrogen-bond donors (Lipinski definition) is 2. The van der Waals surface area contributed by atoms with Crippen molar-refractivity contribution in [1.82, 2.24) is 5.32 Å². The normalized spacial score (nSPS) is 10.1. The summed E-state index contributed by atoms with van der Waals surface area (Å²) in [6.45, 7) is 3.72. The number of urea groups is 1. The van der Waals surface area contributed by atoms with Gasteiger partial charge in [0.2, 0.25) is 5.91 Å². The van der Waals surface area contributed by atoms with Gasteiger partial charge in [-0.15, -0.1) is 12.4 Å². The summed E-state index contributed by atoms with van der Waals surface area (Å²) < 4.78 is -0.665. The van der Waals surface area contributed by atoms with Gasteiger partial charge in [-0.05, 0) is 12.8 Å². The minimum atomic E-state index is -0.814. The summed E-state index contributed by atoms with van der Waals surface area (Å²) in [5.74, 6) is -0.375. The van der Waals surface area contributed by atoms with Crippen LogP contribution in [-0.2, 0) is 4.79 Å². The molecule has 0 bridgehead atoms. The number of rotatable bonds is 3. The van der Waals surface area contributed by atoms with E-state index in [1.165, 1.54) is 0 Å². The molecule has 0 fully saturated rings. The lowest BCUT2D eigenvalue weighted by Gasteiger charge is -2.21. The Morgan fingerprint density at radius 1 is 1.38 bits per heavy atom. The summed E-state index contributed by atoms with van der Waals surface area (Å²) in [6, 6.07) is -0.814. The summed E-state index contributed by atoms with van der Waals surface area (Å²) >= 11 is 3.26. The van der Waals surface area contributed by atoms with Crippen LogP contribution in [0.15, 0.2) is 0 Å². The Hall–Kier alpha value is -0.290. The molecule has 0 spiro atoms. The second-order valence-corrected chi connectivity index (χ2v) is 4.01. The van der Waals surface area contributed by atoms with Crippen LogP contribution in [0.5, 0.6) is 0 Å². The quantitative estimate of drug-likeness (QED) is 0.766. The van der Waals surface area contributed by atoms with E-state index in [-0.39, 0.29) is 18.3 Å². The van der Waals surface area contributed by atoms with Crippen LogP contribution in [0.4, 0.5) is 4.79 Å². The molecule has 0 aromatic carbocycles. The Morgan fingerprint density at radius 3 is 2.00 bits per heavy atom. The van der Waals surface area contributed by atoms with E-state index in [4.69, 9.17) is 5.73 Å². The highest BCUT2D eigenvalue weighted by atomic mass is 79.9. The molecule has 0 rings (SSSR count). The van der Waals surface area contributed by atoms with Crippen LogP contribution in [0.25, 0.3) is 0 Å². The van der Waals surface area contributed by atoms with Gasteiger partial charge in [-0.25, -0.2) is 4.79 Å². The minimum absolute atomic E-state index is 0. The number of halogens is 2. The molecule has 0 atom stereocenters. The van der Waals surface area contributed by atoms with Gasteiger partial charge in [-0.1, -0.05) is 29.8 Å². The number of hydrogen-bond acceptors (Lipinski definition) is 2. The molecule has 13 heavy (non-hydrogen) atoms. The second-order valence-electron chi connectivity index (χ2n) is 2.49. The maximum Gasteiger partial charge on any atom is 0.318 e. The molecule has 6 heteroatoms. The van der Waals surface area contributed by atoms with E-state index < -0.39 is 10.4 Å². The van der Waals surface area contributed by atoms with E-state index in [1.807, 2.05) is 19.2 Å². The zero-order valence-electron chi connectivity index (χ0n) is 7.59. The molecule has 0 aliphatic heterocycles. The lowest BCUT2D eigenvalue weighted by Crippen LogP contribution is -2.46. The molecule has 3 N–H and O–H groups in total. The van der Waals surface area contributed by atoms with Crippen molar-refractivity contribution in [1.29, 1.82) is 0 Å². The van der Waals surface area contributed by atoms with Crippen LogP contribution < -0.4 is 11.1 Å². The number of alkyl halides is 1. The predicted octanol–water partition coefficient (Wildman–Crippen LogP) is 1.56. The molecule has 0 aliphatic carbocycles. The van der Waals surface area contributed by atoms with Crippen LogP contribution >= 0.6 is 28.3 Å². The Labute approximate surface area is 92.2 Å². The molecule has 3 amide bonds. The Bertz CT molecular complexity index is 195. The zero-order chi connectivity index (χ0) is 9.78. The second kappa shape index (κ2) is 6.21. The van der Waals surface area contributed by atoms with Crippen molar-refractivity contribution in [3.63, 3.8) is 0 Å². The number of nitrogens with one attached hydrogen (secondary N) is 1. The molecule has 0 heterocycles. The first-order valence-corrected chi connectivity index (χ1v) is 4.55. The average Bonchev–Trinajstić information content (AvgIpc) is 2.02. The van der Waals surface area contributed by atoms with Gasteiger partial charge in [0, 0.05) is 0 Å². The molecule has 78 valence electrons. The van der Waals surface area contributed by atoms with Gasteiger partial charge in [0.1, 0.15) is 4.32 Å². The van der Waals surface area contributed by atoms with Crippen molar-refractivity contribution in [2.75, 3.05) is 0 Å². The lowest BCUT2D eigenvalue weighted by atomic mass is 10.0. The van der Waals surface area contributed by atoms with Gasteiger partial charge < -0.3 is 5.73 Å². The number of amides is 3. The largest absolute Gasteiger partial charge is 0.351 e. The minimum Gasteiger partial charge on any atom is -0.351 e. The molecule has 0 aromatic rings. The molecule has 0 radical (unpaired) electrons. The Morgan fingerprint density at radius 2 is 1.77 bits per heavy atom. The third-order valence-electron chi connectivity index (χ3n) is 1.76. The van der Waals surface area contributed by atoms with E-state index in [0.717, 1.165) is 0 Å². The number of carbonyl (C=O) groups is 2. The number of nitrogens with two attached hydrogens (primary N) is 1. The first-order chi connectivity index (χ1) is 5.46. The van der Waals surface area contributed by atoms with Crippen molar-refractivity contribution >= 4 is 40.3 Å². The first kappa shape index (κ1) is 15.2. The molecule has 4 nitrogen and oxygen atoms in total. The lowest BCUT2D eigenvalue weighted by molar-refractivity contribution is -0.122. The fraction of sp³-hybridized carbons (Fsp3) is 0.714. The topological polar surface area (TPSA) is 72.2 Å². The van der Waals surface area contributed by atoms with Crippen LogP contribution in [0.1, 0.15) is 26.7 Å². The fourth-order valence-electron chi connectivity index (χ4n) is 0.795. The van der Waals surface area contributed by atoms with Crippen molar-refractivity contribution in [3.05, 3.63) is 0 Å². The summed E-state index contributed by atoms with van der Waals surface area (Å²) in [5.41, 5.74) is 4.81. The zero-order valence-corrected chi connectivity index (χ0v) is 10.00. The van der Waals surface area contributed by atoms with Crippen molar-refractivity contribution in [3.8, 4) is 0 Å². The van der Waals surface area contributed by atoms with Gasteiger partial charge >= 0.3 is 6.03 Å². The molecular weight excluding hydrogens is 259 g/mol.